The summed E-state index contributed by atoms with van der Waals surface area (Å²) >= 11 is 1.99. The lowest BCUT2D eigenvalue weighted by atomic mass is 10.1. The molecule has 0 aromatic heterocycles. The number of thioether (sulfide) groups is 1. The van der Waals surface area contributed by atoms with Crippen molar-refractivity contribution in [1.82, 2.24) is 5.32 Å². The third-order valence-electron chi connectivity index (χ3n) is 3.31. The average molecular weight is 282 g/mol. The molecule has 0 unspecified atom stereocenters. The van der Waals surface area contributed by atoms with E-state index in [4.69, 9.17) is 0 Å². The van der Waals surface area contributed by atoms with E-state index in [9.17, 15) is 4.39 Å². The van der Waals surface area contributed by atoms with Crippen molar-refractivity contribution in [2.45, 2.75) is 32.1 Å². The normalized spacial score (nSPS) is 18.6. The second-order valence-corrected chi connectivity index (χ2v) is 7.43. The van der Waals surface area contributed by atoms with E-state index in [1.165, 1.54) is 0 Å². The first-order valence-electron chi connectivity index (χ1n) is 6.89. The molecule has 1 heterocycles. The molecule has 0 amide bonds. The average Bonchev–Trinajstić information content (AvgIpc) is 2.34. The highest BCUT2D eigenvalue weighted by atomic mass is 32.2. The molecular formula is C15H23FN2S. The number of hydrogen-bond donors (Lipinski definition) is 1. The molecule has 4 heteroatoms. The van der Waals surface area contributed by atoms with E-state index in [1.54, 1.807) is 12.1 Å². The largest absolute Gasteiger partial charge is 0.369 e. The van der Waals surface area contributed by atoms with Crippen molar-refractivity contribution in [3.63, 3.8) is 0 Å². The molecule has 2 rings (SSSR count). The summed E-state index contributed by atoms with van der Waals surface area (Å²) in [6.07, 6.45) is 0. The first-order valence-corrected chi connectivity index (χ1v) is 7.88. The summed E-state index contributed by atoms with van der Waals surface area (Å²) in [6, 6.07) is 5.38. The second-order valence-electron chi connectivity index (χ2n) is 5.63. The van der Waals surface area contributed by atoms with Crippen LogP contribution >= 0.6 is 11.8 Å². The van der Waals surface area contributed by atoms with Gasteiger partial charge in [0.05, 0.1) is 0 Å². The van der Waals surface area contributed by atoms with E-state index in [0.29, 0.717) is 0 Å². The molecule has 0 saturated carbocycles. The molecule has 2 nitrogen and oxygen atoms in total. The molecule has 1 aliphatic heterocycles. The van der Waals surface area contributed by atoms with E-state index in [-0.39, 0.29) is 10.6 Å². The molecule has 0 spiro atoms. The summed E-state index contributed by atoms with van der Waals surface area (Å²) < 4.78 is 14.0. The van der Waals surface area contributed by atoms with Gasteiger partial charge < -0.3 is 10.2 Å². The van der Waals surface area contributed by atoms with Gasteiger partial charge in [-0.3, -0.25) is 0 Å². The number of halogens is 1. The monoisotopic (exact) mass is 282 g/mol. The predicted octanol–water partition coefficient (Wildman–Crippen LogP) is 3.27. The van der Waals surface area contributed by atoms with Gasteiger partial charge in [-0.15, -0.1) is 0 Å². The van der Waals surface area contributed by atoms with Crippen LogP contribution in [-0.4, -0.2) is 30.1 Å². The van der Waals surface area contributed by atoms with E-state index < -0.39 is 0 Å². The highest BCUT2D eigenvalue weighted by molar-refractivity contribution is 8.00. The van der Waals surface area contributed by atoms with Crippen molar-refractivity contribution >= 4 is 17.4 Å². The van der Waals surface area contributed by atoms with Gasteiger partial charge in [-0.2, -0.15) is 11.8 Å². The zero-order chi connectivity index (χ0) is 13.9. The Labute approximate surface area is 119 Å². The van der Waals surface area contributed by atoms with Crippen LogP contribution in [0.15, 0.2) is 18.2 Å². The molecule has 1 aromatic rings. The quantitative estimate of drug-likeness (QED) is 0.912. The highest BCUT2D eigenvalue weighted by Gasteiger charge is 2.27. The molecule has 19 heavy (non-hydrogen) atoms. The van der Waals surface area contributed by atoms with Crippen LogP contribution in [0.4, 0.5) is 10.1 Å². The molecule has 1 N–H and O–H groups in total. The van der Waals surface area contributed by atoms with Gasteiger partial charge in [-0.05, 0) is 44.2 Å². The molecule has 1 aliphatic rings. The topological polar surface area (TPSA) is 15.3 Å². The van der Waals surface area contributed by atoms with Crippen LogP contribution in [0.5, 0.6) is 0 Å². The Hall–Kier alpha value is -0.740. The lowest BCUT2D eigenvalue weighted by molar-refractivity contribution is 0.614. The summed E-state index contributed by atoms with van der Waals surface area (Å²) in [5, 5.41) is 3.25. The fourth-order valence-electron chi connectivity index (χ4n) is 2.42. The molecule has 0 aliphatic carbocycles. The Kier molecular flexibility index (Phi) is 4.74. The molecule has 0 radical (unpaired) electrons. The maximum Gasteiger partial charge on any atom is 0.125 e. The van der Waals surface area contributed by atoms with Crippen molar-refractivity contribution < 1.29 is 4.39 Å². The molecule has 1 aromatic carbocycles. The van der Waals surface area contributed by atoms with Crippen molar-refractivity contribution in [2.24, 2.45) is 0 Å². The van der Waals surface area contributed by atoms with Crippen LogP contribution in [0.1, 0.15) is 26.3 Å². The number of anilines is 1. The van der Waals surface area contributed by atoms with E-state index in [0.717, 1.165) is 43.2 Å². The maximum atomic E-state index is 13.7. The van der Waals surface area contributed by atoms with E-state index in [2.05, 4.69) is 37.1 Å². The van der Waals surface area contributed by atoms with Crippen LogP contribution < -0.4 is 10.2 Å². The third kappa shape index (κ3) is 4.11. The second kappa shape index (κ2) is 6.14. The van der Waals surface area contributed by atoms with Gasteiger partial charge in [-0.25, -0.2) is 4.39 Å². The molecule has 106 valence electrons. The first kappa shape index (κ1) is 14.7. The summed E-state index contributed by atoms with van der Waals surface area (Å²) in [6.45, 7) is 10.2. The van der Waals surface area contributed by atoms with E-state index in [1.807, 2.05) is 11.8 Å². The molecule has 1 saturated heterocycles. The van der Waals surface area contributed by atoms with E-state index >= 15 is 0 Å². The number of nitrogens with one attached hydrogen (secondary N) is 1. The van der Waals surface area contributed by atoms with Crippen molar-refractivity contribution in [3.05, 3.63) is 29.6 Å². The van der Waals surface area contributed by atoms with Crippen LogP contribution in [0.3, 0.4) is 0 Å². The maximum absolute atomic E-state index is 13.7. The predicted molar refractivity (Wildman–Crippen MR) is 82.5 cm³/mol. The number of rotatable bonds is 4. The van der Waals surface area contributed by atoms with Crippen molar-refractivity contribution in [2.75, 3.05) is 30.3 Å². The molecule has 1 fully saturated rings. The Morgan fingerprint density at radius 3 is 2.84 bits per heavy atom. The van der Waals surface area contributed by atoms with Crippen LogP contribution in [0.2, 0.25) is 0 Å². The minimum atomic E-state index is -0.138. The Morgan fingerprint density at radius 2 is 2.16 bits per heavy atom. The van der Waals surface area contributed by atoms with Gasteiger partial charge >= 0.3 is 0 Å². The van der Waals surface area contributed by atoms with Gasteiger partial charge in [0.15, 0.2) is 0 Å². The number of benzene rings is 1. The molecular weight excluding hydrogens is 259 g/mol. The number of nitrogens with zero attached hydrogens (tertiary/aromatic N) is 1. The fraction of sp³-hybridized carbons (Fsp3) is 0.600. The van der Waals surface area contributed by atoms with Crippen LogP contribution in [0, 0.1) is 5.82 Å². The standard InChI is InChI=1S/C15H23FN2S/c1-4-17-10-12-7-13(16)9-14(8-12)18-5-6-19-15(2,3)11-18/h7-9,17H,4-6,10-11H2,1-3H3. The van der Waals surface area contributed by atoms with Gasteiger partial charge in [0.2, 0.25) is 0 Å². The fourth-order valence-corrected chi connectivity index (χ4v) is 3.54. The smallest absolute Gasteiger partial charge is 0.125 e. The Bertz CT molecular complexity index is 434. The Morgan fingerprint density at radius 1 is 1.37 bits per heavy atom. The van der Waals surface area contributed by atoms with Crippen molar-refractivity contribution in [3.8, 4) is 0 Å². The SMILES string of the molecule is CCNCc1cc(F)cc(N2CCSC(C)(C)C2)c1. The van der Waals surface area contributed by atoms with Gasteiger partial charge in [0.1, 0.15) is 5.82 Å². The van der Waals surface area contributed by atoms with Crippen molar-refractivity contribution in [1.29, 1.82) is 0 Å². The lowest BCUT2D eigenvalue weighted by Crippen LogP contribution is -2.43. The van der Waals surface area contributed by atoms with Gasteiger partial charge in [0, 0.05) is 35.8 Å². The summed E-state index contributed by atoms with van der Waals surface area (Å²) in [5.41, 5.74) is 2.04. The zero-order valence-corrected chi connectivity index (χ0v) is 12.8. The minimum Gasteiger partial charge on any atom is -0.369 e. The summed E-state index contributed by atoms with van der Waals surface area (Å²) in [4.78, 5) is 2.30. The van der Waals surface area contributed by atoms with Crippen LogP contribution in [0.25, 0.3) is 0 Å². The third-order valence-corrected chi connectivity index (χ3v) is 4.61. The highest BCUT2D eigenvalue weighted by Crippen LogP contribution is 2.32. The zero-order valence-electron chi connectivity index (χ0n) is 12.0. The number of hydrogen-bond acceptors (Lipinski definition) is 3. The lowest BCUT2D eigenvalue weighted by Gasteiger charge is -2.39. The van der Waals surface area contributed by atoms with Gasteiger partial charge in [0.25, 0.3) is 0 Å². The van der Waals surface area contributed by atoms with Gasteiger partial charge in [-0.1, -0.05) is 6.92 Å². The summed E-state index contributed by atoms with van der Waals surface area (Å²) in [7, 11) is 0. The molecule has 0 atom stereocenters. The summed E-state index contributed by atoms with van der Waals surface area (Å²) in [5.74, 6) is 0.966. The minimum absolute atomic E-state index is 0.138. The molecule has 0 bridgehead atoms. The van der Waals surface area contributed by atoms with Crippen LogP contribution in [-0.2, 0) is 6.54 Å². The Balaban J connectivity index is 2.16. The first-order chi connectivity index (χ1) is 9.00.